The number of aryl methyl sites for hydroxylation is 1. The molecule has 2 aliphatic rings. The summed E-state index contributed by atoms with van der Waals surface area (Å²) in [6, 6.07) is 8.37. The van der Waals surface area contributed by atoms with E-state index in [1.165, 1.54) is 11.1 Å². The topological polar surface area (TPSA) is 54.7 Å². The molecule has 4 rings (SSSR count). The van der Waals surface area contributed by atoms with Gasteiger partial charge in [0, 0.05) is 51.8 Å². The smallest absolute Gasteiger partial charge is 0.193 e. The highest BCUT2D eigenvalue weighted by atomic mass is 16.5. The van der Waals surface area contributed by atoms with Crippen LogP contribution < -0.4 is 10.1 Å². The number of likely N-dealkylation sites (tertiary alicyclic amines) is 1. The normalized spacial score (nSPS) is 22.8. The van der Waals surface area contributed by atoms with Gasteiger partial charge in [-0.1, -0.05) is 18.2 Å². The van der Waals surface area contributed by atoms with Crippen LogP contribution in [0, 0.1) is 0 Å². The number of nitrogens with zero attached hydrogens (tertiary/aromatic N) is 4. The number of ether oxygens (including phenoxy) is 1. The first-order valence-electron chi connectivity index (χ1n) is 9.40. The molecule has 2 unspecified atom stereocenters. The second-order valence-corrected chi connectivity index (χ2v) is 7.18. The number of benzene rings is 1. The Balaban J connectivity index is 1.37. The Kier molecular flexibility index (Phi) is 4.82. The Labute approximate surface area is 154 Å². The van der Waals surface area contributed by atoms with Crippen LogP contribution in [0.5, 0.6) is 5.75 Å². The number of fused-ring (bicyclic) bond motifs is 1. The van der Waals surface area contributed by atoms with Gasteiger partial charge < -0.3 is 15.0 Å². The van der Waals surface area contributed by atoms with Crippen molar-refractivity contribution in [3.05, 3.63) is 47.8 Å². The third-order valence-electron chi connectivity index (χ3n) is 5.49. The first-order valence-corrected chi connectivity index (χ1v) is 9.40. The van der Waals surface area contributed by atoms with E-state index in [0.29, 0.717) is 11.8 Å². The number of aromatic nitrogens is 2. The van der Waals surface area contributed by atoms with E-state index < -0.39 is 0 Å². The first-order chi connectivity index (χ1) is 12.7. The second kappa shape index (κ2) is 7.40. The average molecular weight is 353 g/mol. The maximum Gasteiger partial charge on any atom is 0.193 e. The number of guanidine groups is 1. The molecule has 0 saturated carbocycles. The highest BCUT2D eigenvalue weighted by Crippen LogP contribution is 2.33. The maximum atomic E-state index is 5.78. The Bertz CT molecular complexity index is 784. The Morgan fingerprint density at radius 1 is 1.35 bits per heavy atom. The molecule has 0 radical (unpaired) electrons. The van der Waals surface area contributed by atoms with Crippen LogP contribution in [0.2, 0.25) is 0 Å². The van der Waals surface area contributed by atoms with E-state index in [4.69, 9.17) is 4.74 Å². The minimum absolute atomic E-state index is 0.466. The zero-order valence-electron chi connectivity index (χ0n) is 15.6. The molecule has 2 aliphatic heterocycles. The molecule has 0 bridgehead atoms. The fourth-order valence-electron chi connectivity index (χ4n) is 4.05. The fourth-order valence-corrected chi connectivity index (χ4v) is 4.05. The van der Waals surface area contributed by atoms with E-state index in [1.54, 1.807) is 0 Å². The lowest BCUT2D eigenvalue weighted by molar-refractivity contribution is 0.266. The van der Waals surface area contributed by atoms with Crippen molar-refractivity contribution < 1.29 is 4.74 Å². The maximum absolute atomic E-state index is 5.78. The molecule has 1 saturated heterocycles. The van der Waals surface area contributed by atoms with Gasteiger partial charge in [0.25, 0.3) is 0 Å². The Morgan fingerprint density at radius 3 is 3.04 bits per heavy atom. The third-order valence-corrected chi connectivity index (χ3v) is 5.49. The number of para-hydroxylation sites is 1. The monoisotopic (exact) mass is 353 g/mol. The van der Waals surface area contributed by atoms with Crippen LogP contribution in [0.25, 0.3) is 0 Å². The molecule has 138 valence electrons. The molecule has 26 heavy (non-hydrogen) atoms. The molecule has 2 atom stereocenters. The first kappa shape index (κ1) is 16.9. The SMILES string of the molecule is CN=C(NCC1CCOc2ccccc21)N1CCC(c2cnn(C)c2)C1. The van der Waals surface area contributed by atoms with Crippen molar-refractivity contribution in [1.82, 2.24) is 20.0 Å². The van der Waals surface area contributed by atoms with Crippen LogP contribution >= 0.6 is 0 Å². The minimum atomic E-state index is 0.466. The van der Waals surface area contributed by atoms with E-state index >= 15 is 0 Å². The molecule has 1 aromatic carbocycles. The van der Waals surface area contributed by atoms with Crippen molar-refractivity contribution in [2.75, 3.05) is 33.3 Å². The summed E-state index contributed by atoms with van der Waals surface area (Å²) in [7, 11) is 3.85. The highest BCUT2D eigenvalue weighted by molar-refractivity contribution is 5.80. The number of hydrogen-bond donors (Lipinski definition) is 1. The summed E-state index contributed by atoms with van der Waals surface area (Å²) < 4.78 is 7.66. The number of aliphatic imine (C=N–C) groups is 1. The molecule has 1 fully saturated rings. The number of nitrogens with one attached hydrogen (secondary N) is 1. The summed E-state index contributed by atoms with van der Waals surface area (Å²) in [6.45, 7) is 3.70. The van der Waals surface area contributed by atoms with Gasteiger partial charge in [0.1, 0.15) is 5.75 Å². The standard InChI is InChI=1S/C20H27N5O/c1-21-20(25-9-7-16(14-25)17-12-23-24(2)13-17)22-11-15-8-10-26-19-6-4-3-5-18(15)19/h3-6,12-13,15-16H,7-11,14H2,1-2H3,(H,21,22). The zero-order valence-corrected chi connectivity index (χ0v) is 15.6. The van der Waals surface area contributed by atoms with Crippen molar-refractivity contribution in [2.24, 2.45) is 12.0 Å². The summed E-state index contributed by atoms with van der Waals surface area (Å²) in [5, 5.41) is 7.91. The minimum Gasteiger partial charge on any atom is -0.493 e. The van der Waals surface area contributed by atoms with E-state index in [-0.39, 0.29) is 0 Å². The summed E-state index contributed by atoms with van der Waals surface area (Å²) in [5.41, 5.74) is 2.63. The van der Waals surface area contributed by atoms with E-state index in [1.807, 2.05) is 31.0 Å². The van der Waals surface area contributed by atoms with Gasteiger partial charge in [0.05, 0.1) is 12.8 Å². The summed E-state index contributed by atoms with van der Waals surface area (Å²) >= 11 is 0. The van der Waals surface area contributed by atoms with Crippen LogP contribution in [0.4, 0.5) is 0 Å². The molecule has 0 amide bonds. The summed E-state index contributed by atoms with van der Waals surface area (Å²) in [5.74, 6) is 3.03. The average Bonchev–Trinajstić information content (AvgIpc) is 3.32. The van der Waals surface area contributed by atoms with Crippen molar-refractivity contribution in [3.8, 4) is 5.75 Å². The second-order valence-electron chi connectivity index (χ2n) is 7.18. The lowest BCUT2D eigenvalue weighted by atomic mass is 9.93. The molecule has 0 aliphatic carbocycles. The van der Waals surface area contributed by atoms with E-state index in [2.05, 4.69) is 44.7 Å². The molecule has 2 aromatic rings. The largest absolute Gasteiger partial charge is 0.493 e. The summed E-state index contributed by atoms with van der Waals surface area (Å²) in [6.07, 6.45) is 6.30. The molecular formula is C20H27N5O. The highest BCUT2D eigenvalue weighted by Gasteiger charge is 2.28. The van der Waals surface area contributed by atoms with Crippen molar-refractivity contribution in [3.63, 3.8) is 0 Å². The quantitative estimate of drug-likeness (QED) is 0.680. The fraction of sp³-hybridized carbons (Fsp3) is 0.500. The van der Waals surface area contributed by atoms with E-state index in [0.717, 1.165) is 50.8 Å². The van der Waals surface area contributed by atoms with Crippen molar-refractivity contribution >= 4 is 5.96 Å². The van der Waals surface area contributed by atoms with Gasteiger partial charge in [-0.2, -0.15) is 5.10 Å². The number of rotatable bonds is 3. The lowest BCUT2D eigenvalue weighted by Gasteiger charge is -2.28. The number of hydrogen-bond acceptors (Lipinski definition) is 3. The predicted molar refractivity (Wildman–Crippen MR) is 103 cm³/mol. The Hall–Kier alpha value is -2.50. The predicted octanol–water partition coefficient (Wildman–Crippen LogP) is 2.35. The van der Waals surface area contributed by atoms with Crippen LogP contribution in [-0.2, 0) is 7.05 Å². The van der Waals surface area contributed by atoms with Gasteiger partial charge in [-0.25, -0.2) is 0 Å². The molecule has 0 spiro atoms. The van der Waals surface area contributed by atoms with Crippen LogP contribution in [0.1, 0.15) is 35.8 Å². The van der Waals surface area contributed by atoms with Crippen LogP contribution in [-0.4, -0.2) is 53.9 Å². The summed E-state index contributed by atoms with van der Waals surface area (Å²) in [4.78, 5) is 6.89. The van der Waals surface area contributed by atoms with Gasteiger partial charge in [-0.3, -0.25) is 9.67 Å². The van der Waals surface area contributed by atoms with Crippen molar-refractivity contribution in [2.45, 2.75) is 24.7 Å². The molecule has 1 aromatic heterocycles. The Morgan fingerprint density at radius 2 is 2.23 bits per heavy atom. The van der Waals surface area contributed by atoms with Gasteiger partial charge in [0.2, 0.25) is 0 Å². The van der Waals surface area contributed by atoms with Gasteiger partial charge in [0.15, 0.2) is 5.96 Å². The molecule has 6 heteroatoms. The van der Waals surface area contributed by atoms with Gasteiger partial charge in [-0.15, -0.1) is 0 Å². The van der Waals surface area contributed by atoms with Gasteiger partial charge in [-0.05, 0) is 30.0 Å². The molecule has 1 N–H and O–H groups in total. The lowest BCUT2D eigenvalue weighted by Crippen LogP contribution is -2.42. The van der Waals surface area contributed by atoms with Crippen molar-refractivity contribution in [1.29, 1.82) is 0 Å². The van der Waals surface area contributed by atoms with Gasteiger partial charge >= 0.3 is 0 Å². The third kappa shape index (κ3) is 3.41. The zero-order chi connectivity index (χ0) is 17.9. The van der Waals surface area contributed by atoms with Crippen LogP contribution in [0.15, 0.2) is 41.7 Å². The van der Waals surface area contributed by atoms with Crippen LogP contribution in [0.3, 0.4) is 0 Å². The molecular weight excluding hydrogens is 326 g/mol. The van der Waals surface area contributed by atoms with E-state index in [9.17, 15) is 0 Å². The molecule has 6 nitrogen and oxygen atoms in total. The molecule has 3 heterocycles.